The second-order valence-corrected chi connectivity index (χ2v) is 4.23. The van der Waals surface area contributed by atoms with Crippen LogP contribution in [-0.4, -0.2) is 29.6 Å². The number of nitrogens with one attached hydrogen (secondary N) is 2. The number of aryl methyl sites for hydroxylation is 1. The first-order valence-corrected chi connectivity index (χ1v) is 5.96. The summed E-state index contributed by atoms with van der Waals surface area (Å²) in [6.07, 6.45) is 0.509. The smallest absolute Gasteiger partial charge is 0.313 e. The lowest BCUT2D eigenvalue weighted by molar-refractivity contribution is -0.136. The number of hydrogen-bond donors (Lipinski definition) is 3. The van der Waals surface area contributed by atoms with E-state index in [9.17, 15) is 14.0 Å². The van der Waals surface area contributed by atoms with Crippen LogP contribution in [0.4, 0.5) is 10.1 Å². The van der Waals surface area contributed by atoms with Crippen LogP contribution in [0.2, 0.25) is 0 Å². The zero-order valence-electron chi connectivity index (χ0n) is 10.9. The van der Waals surface area contributed by atoms with E-state index in [1.165, 1.54) is 6.07 Å². The van der Waals surface area contributed by atoms with Gasteiger partial charge in [-0.1, -0.05) is 6.92 Å². The van der Waals surface area contributed by atoms with E-state index in [1.807, 2.05) is 0 Å². The van der Waals surface area contributed by atoms with Gasteiger partial charge in [-0.05, 0) is 37.1 Å². The molecule has 3 N–H and O–H groups in total. The van der Waals surface area contributed by atoms with Gasteiger partial charge in [-0.2, -0.15) is 0 Å². The number of carbonyl (C=O) groups is 2. The lowest BCUT2D eigenvalue weighted by atomic mass is 10.2. The Bertz CT molecular complexity index is 453. The number of benzene rings is 1. The Morgan fingerprint density at radius 3 is 2.53 bits per heavy atom. The minimum atomic E-state index is -0.892. The van der Waals surface area contributed by atoms with Crippen molar-refractivity contribution >= 4 is 17.5 Å². The van der Waals surface area contributed by atoms with Crippen molar-refractivity contribution in [2.24, 2.45) is 0 Å². The molecular formula is C13H17FN2O3. The van der Waals surface area contributed by atoms with Crippen molar-refractivity contribution < 1.29 is 19.1 Å². The van der Waals surface area contributed by atoms with Crippen molar-refractivity contribution in [1.29, 1.82) is 0 Å². The topological polar surface area (TPSA) is 78.4 Å². The molecular weight excluding hydrogens is 251 g/mol. The van der Waals surface area contributed by atoms with Crippen molar-refractivity contribution in [1.82, 2.24) is 5.32 Å². The Hall–Kier alpha value is -1.95. The molecule has 0 aliphatic heterocycles. The van der Waals surface area contributed by atoms with Crippen molar-refractivity contribution in [2.45, 2.75) is 26.3 Å². The molecule has 1 aromatic carbocycles. The summed E-state index contributed by atoms with van der Waals surface area (Å²) in [7, 11) is 0. The normalized spacial score (nSPS) is 11.8. The fraction of sp³-hybridized carbons (Fsp3) is 0.385. The van der Waals surface area contributed by atoms with Crippen LogP contribution in [0.5, 0.6) is 0 Å². The van der Waals surface area contributed by atoms with Crippen LogP contribution in [0.3, 0.4) is 0 Å². The van der Waals surface area contributed by atoms with Crippen molar-refractivity contribution in [3.8, 4) is 0 Å². The summed E-state index contributed by atoms with van der Waals surface area (Å²) in [6, 6.07) is 3.53. The Balaban J connectivity index is 2.66. The molecule has 0 aromatic heterocycles. The zero-order valence-corrected chi connectivity index (χ0v) is 10.9. The maximum Gasteiger partial charge on any atom is 0.313 e. The number of halogens is 1. The van der Waals surface area contributed by atoms with Crippen molar-refractivity contribution in [2.75, 3.05) is 11.9 Å². The van der Waals surface area contributed by atoms with Gasteiger partial charge in [-0.15, -0.1) is 0 Å². The first-order chi connectivity index (χ1) is 8.96. The molecule has 6 heteroatoms. The molecule has 104 valence electrons. The van der Waals surface area contributed by atoms with Gasteiger partial charge in [-0.3, -0.25) is 9.59 Å². The second kappa shape index (κ2) is 6.84. The van der Waals surface area contributed by atoms with Gasteiger partial charge in [0.1, 0.15) is 5.82 Å². The molecule has 0 radical (unpaired) electrons. The molecule has 0 saturated heterocycles. The molecule has 0 aliphatic rings. The Kier molecular flexibility index (Phi) is 5.44. The Morgan fingerprint density at radius 2 is 2.00 bits per heavy atom. The Labute approximate surface area is 110 Å². The Morgan fingerprint density at radius 1 is 1.32 bits per heavy atom. The molecule has 0 bridgehead atoms. The van der Waals surface area contributed by atoms with E-state index in [4.69, 9.17) is 5.11 Å². The molecule has 1 rings (SSSR count). The molecule has 0 spiro atoms. The highest BCUT2D eigenvalue weighted by molar-refractivity contribution is 6.39. The number of aliphatic hydroxyl groups is 1. The number of rotatable bonds is 4. The standard InChI is InChI=1S/C13H17FN2O3/c1-3-10(7-17)15-12(18)13(19)16-11-5-8(2)4-9(14)6-11/h4-6,10,17H,3,7H2,1-2H3,(H,15,18)(H,16,19). The zero-order chi connectivity index (χ0) is 14.4. The van der Waals surface area contributed by atoms with E-state index in [0.29, 0.717) is 12.0 Å². The molecule has 2 amide bonds. The van der Waals surface area contributed by atoms with E-state index >= 15 is 0 Å². The third kappa shape index (κ3) is 4.67. The highest BCUT2D eigenvalue weighted by Crippen LogP contribution is 2.13. The SMILES string of the molecule is CCC(CO)NC(=O)C(=O)Nc1cc(C)cc(F)c1. The largest absolute Gasteiger partial charge is 0.394 e. The average molecular weight is 268 g/mol. The van der Waals surface area contributed by atoms with E-state index in [2.05, 4.69) is 10.6 Å². The first kappa shape index (κ1) is 15.1. The number of hydrogen-bond acceptors (Lipinski definition) is 3. The molecule has 19 heavy (non-hydrogen) atoms. The van der Waals surface area contributed by atoms with Crippen molar-refractivity contribution in [3.05, 3.63) is 29.6 Å². The molecule has 0 saturated carbocycles. The summed E-state index contributed by atoms with van der Waals surface area (Å²) in [4.78, 5) is 23.1. The summed E-state index contributed by atoms with van der Waals surface area (Å²) in [5, 5.41) is 13.6. The predicted molar refractivity (Wildman–Crippen MR) is 69.1 cm³/mol. The number of carbonyl (C=O) groups excluding carboxylic acids is 2. The molecule has 1 aromatic rings. The first-order valence-electron chi connectivity index (χ1n) is 5.96. The van der Waals surface area contributed by atoms with Gasteiger partial charge in [0.2, 0.25) is 0 Å². The fourth-order valence-electron chi connectivity index (χ4n) is 1.52. The maximum absolute atomic E-state index is 13.1. The highest BCUT2D eigenvalue weighted by atomic mass is 19.1. The van der Waals surface area contributed by atoms with Crippen LogP contribution in [0.15, 0.2) is 18.2 Å². The lowest BCUT2D eigenvalue weighted by Crippen LogP contribution is -2.43. The molecule has 5 nitrogen and oxygen atoms in total. The predicted octanol–water partition coefficient (Wildman–Crippen LogP) is 0.960. The highest BCUT2D eigenvalue weighted by Gasteiger charge is 2.17. The summed E-state index contributed by atoms with van der Waals surface area (Å²) < 4.78 is 13.1. The fourth-order valence-corrected chi connectivity index (χ4v) is 1.52. The van der Waals surface area contributed by atoms with Crippen LogP contribution >= 0.6 is 0 Å². The maximum atomic E-state index is 13.1. The minimum Gasteiger partial charge on any atom is -0.394 e. The minimum absolute atomic E-state index is 0.217. The van der Waals surface area contributed by atoms with Gasteiger partial charge >= 0.3 is 11.8 Å². The van der Waals surface area contributed by atoms with Gasteiger partial charge in [0.05, 0.1) is 12.6 Å². The van der Waals surface area contributed by atoms with E-state index in [0.717, 1.165) is 6.07 Å². The summed E-state index contributed by atoms with van der Waals surface area (Å²) in [5.41, 5.74) is 0.854. The molecule has 0 aliphatic carbocycles. The monoisotopic (exact) mass is 268 g/mol. The average Bonchev–Trinajstić information content (AvgIpc) is 2.34. The van der Waals surface area contributed by atoms with Gasteiger partial charge < -0.3 is 15.7 Å². The van der Waals surface area contributed by atoms with Crippen LogP contribution in [0.25, 0.3) is 0 Å². The number of aliphatic hydroxyl groups excluding tert-OH is 1. The van der Waals surface area contributed by atoms with Crippen LogP contribution in [0.1, 0.15) is 18.9 Å². The van der Waals surface area contributed by atoms with E-state index < -0.39 is 23.7 Å². The molecule has 0 heterocycles. The lowest BCUT2D eigenvalue weighted by Gasteiger charge is -2.13. The molecule has 0 fully saturated rings. The van der Waals surface area contributed by atoms with E-state index in [1.54, 1.807) is 19.9 Å². The van der Waals surface area contributed by atoms with Crippen LogP contribution < -0.4 is 10.6 Å². The second-order valence-electron chi connectivity index (χ2n) is 4.23. The van der Waals surface area contributed by atoms with Crippen LogP contribution in [0, 0.1) is 12.7 Å². The van der Waals surface area contributed by atoms with Gasteiger partial charge in [0, 0.05) is 5.69 Å². The molecule has 1 atom stereocenters. The van der Waals surface area contributed by atoms with E-state index in [-0.39, 0.29) is 12.3 Å². The third-order valence-corrected chi connectivity index (χ3v) is 2.55. The molecule has 1 unspecified atom stereocenters. The summed E-state index contributed by atoms with van der Waals surface area (Å²) in [6.45, 7) is 3.21. The third-order valence-electron chi connectivity index (χ3n) is 2.55. The van der Waals surface area contributed by atoms with Crippen molar-refractivity contribution in [3.63, 3.8) is 0 Å². The van der Waals surface area contributed by atoms with Gasteiger partial charge in [0.25, 0.3) is 0 Å². The van der Waals surface area contributed by atoms with Gasteiger partial charge in [-0.25, -0.2) is 4.39 Å². The summed E-state index contributed by atoms with van der Waals surface area (Å²) >= 11 is 0. The quantitative estimate of drug-likeness (QED) is 0.712. The van der Waals surface area contributed by atoms with Crippen LogP contribution in [-0.2, 0) is 9.59 Å². The van der Waals surface area contributed by atoms with Gasteiger partial charge in [0.15, 0.2) is 0 Å². The number of anilines is 1. The number of amides is 2. The summed E-state index contributed by atoms with van der Waals surface area (Å²) in [5.74, 6) is -2.24.